The molecule has 0 saturated carbocycles. The van der Waals surface area contributed by atoms with Crippen molar-refractivity contribution in [2.75, 3.05) is 18.5 Å². The van der Waals surface area contributed by atoms with Crippen LogP contribution in [0.1, 0.15) is 58.4 Å². The van der Waals surface area contributed by atoms with Crippen molar-refractivity contribution in [3.05, 3.63) is 29.8 Å². The number of carbonyl (C=O) groups excluding carboxylic acids is 1. The maximum absolute atomic E-state index is 12.3. The Kier molecular flexibility index (Phi) is 8.11. The maximum Gasteiger partial charge on any atom is 0.319 e. The summed E-state index contributed by atoms with van der Waals surface area (Å²) in [5.74, 6) is -0.695. The fraction of sp³-hybridized carbons (Fsp3) is 0.696. The average Bonchev–Trinajstić information content (AvgIpc) is 3.16. The minimum absolute atomic E-state index is 0.275. The Bertz CT molecular complexity index is 679. The van der Waals surface area contributed by atoms with Gasteiger partial charge in [0, 0.05) is 18.8 Å². The Morgan fingerprint density at radius 2 is 1.83 bits per heavy atom. The first-order valence-electron chi connectivity index (χ1n) is 11.1. The minimum Gasteiger partial charge on any atom is -0.373 e. The van der Waals surface area contributed by atoms with E-state index in [9.17, 15) is 4.79 Å². The third-order valence-corrected chi connectivity index (χ3v) is 5.42. The number of hydrogen-bond donors (Lipinski definition) is 2. The summed E-state index contributed by atoms with van der Waals surface area (Å²) in [6.45, 7) is 8.93. The summed E-state index contributed by atoms with van der Waals surface area (Å²) >= 11 is 0. The first-order chi connectivity index (χ1) is 14.4. The highest BCUT2D eigenvalue weighted by Crippen LogP contribution is 2.38. The second kappa shape index (κ2) is 10.6. The molecule has 2 N–H and O–H groups in total. The normalized spacial score (nSPS) is 27.1. The maximum atomic E-state index is 12.3. The average molecular weight is 421 g/mol. The predicted octanol–water partition coefficient (Wildman–Crippen LogP) is 4.35. The van der Waals surface area contributed by atoms with Gasteiger partial charge in [0.05, 0.1) is 0 Å². The third-order valence-electron chi connectivity index (χ3n) is 5.42. The quantitative estimate of drug-likeness (QED) is 0.550. The summed E-state index contributed by atoms with van der Waals surface area (Å²) in [6, 6.07) is 7.38. The number of nitrogens with one attached hydrogen (secondary N) is 2. The van der Waals surface area contributed by atoms with Crippen LogP contribution in [0.25, 0.3) is 0 Å². The Morgan fingerprint density at radius 3 is 2.57 bits per heavy atom. The van der Waals surface area contributed by atoms with Gasteiger partial charge in [-0.25, -0.2) is 4.79 Å². The lowest BCUT2D eigenvalue weighted by atomic mass is 10.1. The molecule has 1 aromatic rings. The number of fused-ring (bicyclic) bond motifs is 1. The van der Waals surface area contributed by atoms with E-state index >= 15 is 0 Å². The second-order valence-electron chi connectivity index (χ2n) is 8.59. The van der Waals surface area contributed by atoms with Crippen LogP contribution in [0.2, 0.25) is 0 Å². The second-order valence-corrected chi connectivity index (χ2v) is 8.59. The first-order valence-corrected chi connectivity index (χ1v) is 11.1. The summed E-state index contributed by atoms with van der Waals surface area (Å²) in [5.41, 5.74) is 1.89. The molecule has 2 saturated heterocycles. The molecule has 2 aliphatic heterocycles. The third kappa shape index (κ3) is 6.41. The molecular formula is C23H36N2O5. The van der Waals surface area contributed by atoms with Crippen LogP contribution in [0.4, 0.5) is 10.5 Å². The molecule has 4 atom stereocenters. The van der Waals surface area contributed by atoms with Crippen molar-refractivity contribution in [1.82, 2.24) is 5.32 Å². The summed E-state index contributed by atoms with van der Waals surface area (Å²) in [6.07, 6.45) is 4.50. The standard InChI is InChI=1S/C23H36N2O5/c1-5-6-7-8-9-14-27-19-18(28-21-20(19)29-23(3,4)30-21)15-24-22(26)25-17-12-10-16(2)11-13-17/h10-13,18-21H,5-9,14-15H2,1-4H3,(H2,24,25,26)/t18-,19+,20+,21+/m0/s1. The molecule has 0 radical (unpaired) electrons. The van der Waals surface area contributed by atoms with Gasteiger partial charge < -0.3 is 29.6 Å². The van der Waals surface area contributed by atoms with Gasteiger partial charge in [-0.2, -0.15) is 0 Å². The van der Waals surface area contributed by atoms with E-state index in [0.29, 0.717) is 13.2 Å². The van der Waals surface area contributed by atoms with Gasteiger partial charge in [0.1, 0.15) is 18.3 Å². The highest BCUT2D eigenvalue weighted by atomic mass is 16.8. The highest BCUT2D eigenvalue weighted by molar-refractivity contribution is 5.89. The summed E-state index contributed by atoms with van der Waals surface area (Å²) < 4.78 is 24.1. The van der Waals surface area contributed by atoms with Crippen LogP contribution in [0.5, 0.6) is 0 Å². The lowest BCUT2D eigenvalue weighted by Crippen LogP contribution is -2.44. The number of benzene rings is 1. The van der Waals surface area contributed by atoms with Crippen LogP contribution in [0.15, 0.2) is 24.3 Å². The lowest BCUT2D eigenvalue weighted by molar-refractivity contribution is -0.217. The molecule has 2 fully saturated rings. The summed E-state index contributed by atoms with van der Waals surface area (Å²) in [4.78, 5) is 12.3. The zero-order valence-corrected chi connectivity index (χ0v) is 18.6. The molecule has 1 aromatic carbocycles. The number of hydrogen-bond acceptors (Lipinski definition) is 5. The molecule has 7 heteroatoms. The number of aryl methyl sites for hydroxylation is 1. The van der Waals surface area contributed by atoms with E-state index in [2.05, 4.69) is 17.6 Å². The molecule has 0 aromatic heterocycles. The molecule has 30 heavy (non-hydrogen) atoms. The largest absolute Gasteiger partial charge is 0.373 e. The zero-order chi connectivity index (χ0) is 21.6. The first kappa shape index (κ1) is 23.0. The van der Waals surface area contributed by atoms with Crippen molar-refractivity contribution in [1.29, 1.82) is 0 Å². The Hall–Kier alpha value is -1.67. The van der Waals surface area contributed by atoms with E-state index in [1.165, 1.54) is 19.3 Å². The van der Waals surface area contributed by atoms with Crippen molar-refractivity contribution in [2.45, 2.75) is 90.2 Å². The van der Waals surface area contributed by atoms with Gasteiger partial charge in [0.2, 0.25) is 0 Å². The number of rotatable bonds is 10. The van der Waals surface area contributed by atoms with Gasteiger partial charge in [-0.05, 0) is 39.3 Å². The molecule has 2 amide bonds. The number of anilines is 1. The number of unbranched alkanes of at least 4 members (excludes halogenated alkanes) is 4. The van der Waals surface area contributed by atoms with E-state index in [4.69, 9.17) is 18.9 Å². The molecule has 3 rings (SSSR count). The van der Waals surface area contributed by atoms with Crippen LogP contribution >= 0.6 is 0 Å². The SMILES string of the molecule is CCCCCCCO[C@H]1[C@H]2OC(C)(C)O[C@H]2O[C@H]1CNC(=O)Nc1ccc(C)cc1. The van der Waals surface area contributed by atoms with Crippen molar-refractivity contribution < 1.29 is 23.7 Å². The van der Waals surface area contributed by atoms with Crippen molar-refractivity contribution in [3.8, 4) is 0 Å². The Labute approximate surface area is 179 Å². The molecule has 0 spiro atoms. The van der Waals surface area contributed by atoms with Crippen LogP contribution in [-0.2, 0) is 18.9 Å². The fourth-order valence-electron chi connectivity index (χ4n) is 3.84. The van der Waals surface area contributed by atoms with Gasteiger partial charge in [-0.15, -0.1) is 0 Å². The molecule has 168 valence electrons. The van der Waals surface area contributed by atoms with E-state index < -0.39 is 12.1 Å². The van der Waals surface area contributed by atoms with Gasteiger partial charge in [0.25, 0.3) is 0 Å². The van der Waals surface area contributed by atoms with Crippen LogP contribution in [-0.4, -0.2) is 49.6 Å². The zero-order valence-electron chi connectivity index (χ0n) is 18.6. The van der Waals surface area contributed by atoms with E-state index in [1.807, 2.05) is 45.0 Å². The topological polar surface area (TPSA) is 78.1 Å². The smallest absolute Gasteiger partial charge is 0.319 e. The number of ether oxygens (including phenoxy) is 4. The molecule has 0 bridgehead atoms. The molecule has 2 aliphatic rings. The van der Waals surface area contributed by atoms with E-state index in [0.717, 1.165) is 24.1 Å². The molecule has 7 nitrogen and oxygen atoms in total. The highest BCUT2D eigenvalue weighted by Gasteiger charge is 2.55. The fourth-order valence-corrected chi connectivity index (χ4v) is 3.84. The number of carbonyl (C=O) groups is 1. The minimum atomic E-state index is -0.695. The van der Waals surface area contributed by atoms with Crippen molar-refractivity contribution in [3.63, 3.8) is 0 Å². The van der Waals surface area contributed by atoms with Gasteiger partial charge in [-0.3, -0.25) is 0 Å². The van der Waals surface area contributed by atoms with E-state index in [1.54, 1.807) is 0 Å². The van der Waals surface area contributed by atoms with E-state index in [-0.39, 0.29) is 24.3 Å². The monoisotopic (exact) mass is 420 g/mol. The number of amides is 2. The Morgan fingerprint density at radius 1 is 1.10 bits per heavy atom. The number of urea groups is 1. The van der Waals surface area contributed by atoms with Gasteiger partial charge in [-0.1, -0.05) is 50.3 Å². The molecule has 0 aliphatic carbocycles. The molecule has 0 unspecified atom stereocenters. The van der Waals surface area contributed by atoms with Crippen LogP contribution < -0.4 is 10.6 Å². The van der Waals surface area contributed by atoms with Crippen LogP contribution in [0, 0.1) is 6.92 Å². The summed E-state index contributed by atoms with van der Waals surface area (Å²) in [7, 11) is 0. The summed E-state index contributed by atoms with van der Waals surface area (Å²) in [5, 5.41) is 5.71. The van der Waals surface area contributed by atoms with Gasteiger partial charge >= 0.3 is 6.03 Å². The molecular weight excluding hydrogens is 384 g/mol. The van der Waals surface area contributed by atoms with Crippen LogP contribution in [0.3, 0.4) is 0 Å². The lowest BCUT2D eigenvalue weighted by Gasteiger charge is -2.26. The van der Waals surface area contributed by atoms with Gasteiger partial charge in [0.15, 0.2) is 12.1 Å². The van der Waals surface area contributed by atoms with Crippen molar-refractivity contribution in [2.24, 2.45) is 0 Å². The molecule has 2 heterocycles. The van der Waals surface area contributed by atoms with Crippen molar-refractivity contribution >= 4 is 11.7 Å². The predicted molar refractivity (Wildman–Crippen MR) is 115 cm³/mol. The Balaban J connectivity index is 1.49.